The van der Waals surface area contributed by atoms with E-state index in [0.717, 1.165) is 22.6 Å². The minimum Gasteiger partial charge on any atom is -0.318 e. The van der Waals surface area contributed by atoms with Gasteiger partial charge in [0.1, 0.15) is 0 Å². The molecule has 0 bridgehead atoms. The van der Waals surface area contributed by atoms with E-state index in [0.29, 0.717) is 10.1 Å². The van der Waals surface area contributed by atoms with Crippen LogP contribution < -0.4 is 0 Å². The summed E-state index contributed by atoms with van der Waals surface area (Å²) in [4.78, 5) is 11.7. The van der Waals surface area contributed by atoms with Crippen LogP contribution in [0.3, 0.4) is 0 Å². The molecule has 4 nitrogen and oxygen atoms in total. The van der Waals surface area contributed by atoms with Crippen molar-refractivity contribution in [3.05, 3.63) is 50.9 Å². The van der Waals surface area contributed by atoms with Gasteiger partial charge in [0, 0.05) is 26.2 Å². The number of halogens is 1. The van der Waals surface area contributed by atoms with Gasteiger partial charge in [0.05, 0.1) is 12.0 Å². The van der Waals surface area contributed by atoms with Gasteiger partial charge < -0.3 is 4.57 Å². The number of benzene rings is 1. The molecule has 7 heteroatoms. The number of hydrogen-bond donors (Lipinski definition) is 0. The van der Waals surface area contributed by atoms with Gasteiger partial charge in [0.25, 0.3) is 5.91 Å². The molecule has 1 aromatic heterocycles. The average Bonchev–Trinajstić information content (AvgIpc) is 2.98. The van der Waals surface area contributed by atoms with Crippen molar-refractivity contribution < 1.29 is 4.79 Å². The van der Waals surface area contributed by atoms with Crippen molar-refractivity contribution in [2.45, 2.75) is 13.8 Å². The lowest BCUT2D eigenvalue weighted by molar-refractivity contribution is -0.123. The zero-order chi connectivity index (χ0) is 16.6. The van der Waals surface area contributed by atoms with Gasteiger partial charge in [-0.15, -0.1) is 0 Å². The van der Waals surface area contributed by atoms with Gasteiger partial charge in [0.15, 0.2) is 4.32 Å². The fourth-order valence-corrected chi connectivity index (χ4v) is 3.81. The molecule has 2 heterocycles. The van der Waals surface area contributed by atoms with Crippen LogP contribution in [-0.4, -0.2) is 31.8 Å². The summed E-state index contributed by atoms with van der Waals surface area (Å²) < 4.78 is 3.89. The Morgan fingerprint density at radius 1 is 1.30 bits per heavy atom. The van der Waals surface area contributed by atoms with Crippen molar-refractivity contribution in [2.75, 3.05) is 5.75 Å². The summed E-state index contributed by atoms with van der Waals surface area (Å²) in [5.41, 5.74) is 4.30. The van der Waals surface area contributed by atoms with Crippen molar-refractivity contribution >= 4 is 63.0 Å². The van der Waals surface area contributed by atoms with Crippen LogP contribution in [0, 0.1) is 17.4 Å². The highest BCUT2D eigenvalue weighted by Crippen LogP contribution is 2.22. The normalized spacial score (nSPS) is 15.2. The number of rotatable bonds is 3. The molecule has 1 aliphatic heterocycles. The van der Waals surface area contributed by atoms with Gasteiger partial charge in [-0.05, 0) is 66.8 Å². The molecular weight excluding hydrogens is 441 g/mol. The number of carbonyl (C=O) groups excluding carboxylic acids is 1. The van der Waals surface area contributed by atoms with E-state index < -0.39 is 0 Å². The topological polar surface area (TPSA) is 37.6 Å². The van der Waals surface area contributed by atoms with E-state index in [2.05, 4.69) is 69.5 Å². The van der Waals surface area contributed by atoms with E-state index in [1.165, 1.54) is 20.3 Å². The molecule has 0 atom stereocenters. The molecule has 0 aliphatic carbocycles. The van der Waals surface area contributed by atoms with Crippen LogP contribution in [0.25, 0.3) is 5.69 Å². The molecule has 3 rings (SSSR count). The number of amides is 1. The van der Waals surface area contributed by atoms with E-state index in [1.807, 2.05) is 6.92 Å². The summed E-state index contributed by atoms with van der Waals surface area (Å²) in [6, 6.07) is 10.4. The molecule has 2 aromatic rings. The van der Waals surface area contributed by atoms with Crippen molar-refractivity contribution in [2.24, 2.45) is 5.10 Å². The standard InChI is InChI=1S/C16H14IN3OS2/c1-10-7-12(8-18-20-15(21)9-23-16(20)22)11(2)19(10)14-5-3-13(17)4-6-14/h3-8H,9H2,1-2H3. The van der Waals surface area contributed by atoms with Crippen LogP contribution >= 0.6 is 46.6 Å². The van der Waals surface area contributed by atoms with Crippen LogP contribution in [0.5, 0.6) is 0 Å². The van der Waals surface area contributed by atoms with Gasteiger partial charge in [-0.3, -0.25) is 4.79 Å². The van der Waals surface area contributed by atoms with Gasteiger partial charge in [-0.2, -0.15) is 10.1 Å². The fourth-order valence-electron chi connectivity index (χ4n) is 2.48. The number of thiocarbonyl (C=S) groups is 1. The molecule has 1 fully saturated rings. The van der Waals surface area contributed by atoms with E-state index in [-0.39, 0.29) is 5.91 Å². The Hall–Kier alpha value is -1.19. The van der Waals surface area contributed by atoms with E-state index in [4.69, 9.17) is 12.2 Å². The molecule has 1 amide bonds. The second-order valence-corrected chi connectivity index (χ2v) is 8.00. The van der Waals surface area contributed by atoms with Crippen molar-refractivity contribution in [1.29, 1.82) is 0 Å². The Labute approximate surface area is 158 Å². The van der Waals surface area contributed by atoms with Crippen molar-refractivity contribution in [3.8, 4) is 5.69 Å². The molecule has 23 heavy (non-hydrogen) atoms. The van der Waals surface area contributed by atoms with Crippen LogP contribution in [-0.2, 0) is 4.79 Å². The fraction of sp³-hybridized carbons (Fsp3) is 0.188. The SMILES string of the molecule is Cc1cc(C=NN2C(=O)CSC2=S)c(C)n1-c1ccc(I)cc1. The molecule has 0 radical (unpaired) electrons. The number of nitrogens with zero attached hydrogens (tertiary/aromatic N) is 3. The van der Waals surface area contributed by atoms with E-state index in [1.54, 1.807) is 6.21 Å². The summed E-state index contributed by atoms with van der Waals surface area (Å²) in [5, 5.41) is 5.56. The maximum Gasteiger partial charge on any atom is 0.259 e. The monoisotopic (exact) mass is 455 g/mol. The molecule has 0 spiro atoms. The van der Waals surface area contributed by atoms with Crippen molar-refractivity contribution in [1.82, 2.24) is 9.58 Å². The van der Waals surface area contributed by atoms with Crippen LogP contribution in [0.15, 0.2) is 35.4 Å². The number of hydrazone groups is 1. The molecule has 0 N–H and O–H groups in total. The van der Waals surface area contributed by atoms with E-state index >= 15 is 0 Å². The first-order valence-corrected chi connectivity index (χ1v) is 9.43. The van der Waals surface area contributed by atoms with Gasteiger partial charge in [-0.1, -0.05) is 24.0 Å². The predicted octanol–water partition coefficient (Wildman–Crippen LogP) is 3.89. The molecule has 1 aromatic carbocycles. The summed E-state index contributed by atoms with van der Waals surface area (Å²) in [6.07, 6.45) is 1.71. The molecule has 1 aliphatic rings. The second-order valence-electron chi connectivity index (χ2n) is 5.14. The first-order valence-electron chi connectivity index (χ1n) is 6.96. The largest absolute Gasteiger partial charge is 0.318 e. The van der Waals surface area contributed by atoms with Crippen LogP contribution in [0.1, 0.15) is 17.0 Å². The molecule has 0 unspecified atom stereocenters. The average molecular weight is 455 g/mol. The zero-order valence-electron chi connectivity index (χ0n) is 12.6. The Morgan fingerprint density at radius 2 is 2.00 bits per heavy atom. The Morgan fingerprint density at radius 3 is 2.61 bits per heavy atom. The third kappa shape index (κ3) is 3.36. The molecule has 1 saturated heterocycles. The van der Waals surface area contributed by atoms with Crippen LogP contribution in [0.4, 0.5) is 0 Å². The Bertz CT molecular complexity index is 795. The predicted molar refractivity (Wildman–Crippen MR) is 107 cm³/mol. The second kappa shape index (κ2) is 6.74. The third-order valence-corrected chi connectivity index (χ3v) is 5.65. The molecule has 0 saturated carbocycles. The molecular formula is C16H14IN3OS2. The minimum atomic E-state index is -0.0670. The summed E-state index contributed by atoms with van der Waals surface area (Å²) >= 11 is 8.78. The quantitative estimate of drug-likeness (QED) is 0.401. The minimum absolute atomic E-state index is 0.0670. The van der Waals surface area contributed by atoms with Crippen LogP contribution in [0.2, 0.25) is 0 Å². The Kier molecular flexibility index (Phi) is 4.88. The number of aryl methyl sites for hydroxylation is 1. The number of aromatic nitrogens is 1. The maximum atomic E-state index is 11.7. The van der Waals surface area contributed by atoms with E-state index in [9.17, 15) is 4.79 Å². The lowest BCUT2D eigenvalue weighted by Crippen LogP contribution is -2.22. The third-order valence-electron chi connectivity index (χ3n) is 3.60. The Balaban J connectivity index is 1.93. The highest BCUT2D eigenvalue weighted by molar-refractivity contribution is 14.1. The molecule has 118 valence electrons. The lowest BCUT2D eigenvalue weighted by Gasteiger charge is -2.10. The van der Waals surface area contributed by atoms with Crippen molar-refractivity contribution in [3.63, 3.8) is 0 Å². The highest BCUT2D eigenvalue weighted by Gasteiger charge is 2.26. The number of carbonyl (C=O) groups is 1. The maximum absolute atomic E-state index is 11.7. The highest BCUT2D eigenvalue weighted by atomic mass is 127. The first kappa shape index (κ1) is 16.7. The van der Waals surface area contributed by atoms with Gasteiger partial charge >= 0.3 is 0 Å². The number of thioether (sulfide) groups is 1. The summed E-state index contributed by atoms with van der Waals surface area (Å²) in [5.74, 6) is 0.306. The smallest absolute Gasteiger partial charge is 0.259 e. The zero-order valence-corrected chi connectivity index (χ0v) is 16.4. The van der Waals surface area contributed by atoms with Gasteiger partial charge in [-0.25, -0.2) is 0 Å². The van der Waals surface area contributed by atoms with Gasteiger partial charge in [0.2, 0.25) is 0 Å². The number of hydrogen-bond acceptors (Lipinski definition) is 4. The lowest BCUT2D eigenvalue weighted by atomic mass is 10.2. The first-order chi connectivity index (χ1) is 11.0. The summed E-state index contributed by atoms with van der Waals surface area (Å²) in [7, 11) is 0. The summed E-state index contributed by atoms with van der Waals surface area (Å²) in [6.45, 7) is 4.11.